The van der Waals surface area contributed by atoms with E-state index in [2.05, 4.69) is 15.1 Å². The molecule has 0 spiro atoms. The summed E-state index contributed by atoms with van der Waals surface area (Å²) in [6.45, 7) is 0. The molecule has 0 aliphatic carbocycles. The molecule has 6 nitrogen and oxygen atoms in total. The minimum absolute atomic E-state index is 0.442. The first kappa shape index (κ1) is 11.7. The van der Waals surface area contributed by atoms with E-state index < -0.39 is 6.29 Å². The molecule has 0 aliphatic heterocycles. The average Bonchev–Trinajstić information content (AvgIpc) is 2.81. The van der Waals surface area contributed by atoms with Crippen LogP contribution in [-0.2, 0) is 0 Å². The Kier molecular flexibility index (Phi) is 5.11. The molecular formula is C10H14N6. The molecule has 1 rings (SSSR count). The smallest absolute Gasteiger partial charge is 0.235 e. The molecule has 0 atom stereocenters. The lowest BCUT2D eigenvalue weighted by atomic mass is 10.6. The van der Waals surface area contributed by atoms with Crippen molar-refractivity contribution in [3.8, 4) is 0 Å². The molecule has 0 unspecified atom stereocenters. The topological polar surface area (TPSA) is 94.6 Å². The third-order valence-corrected chi connectivity index (χ3v) is 1.59. The molecule has 6 heteroatoms. The fourth-order valence-electron chi connectivity index (χ4n) is 0.945. The molecule has 0 aliphatic rings. The van der Waals surface area contributed by atoms with Crippen LogP contribution in [0.4, 0.5) is 0 Å². The first-order chi connectivity index (χ1) is 7.88. The maximum absolute atomic E-state index is 5.19. The lowest BCUT2D eigenvalue weighted by Gasteiger charge is -2.06. The molecule has 4 N–H and O–H groups in total. The van der Waals surface area contributed by atoms with Gasteiger partial charge in [0, 0.05) is 24.8 Å². The largest absolute Gasteiger partial charge is 0.405 e. The summed E-state index contributed by atoms with van der Waals surface area (Å²) in [6, 6.07) is 1.80. The van der Waals surface area contributed by atoms with Crippen molar-refractivity contribution < 1.29 is 0 Å². The number of hydrogen-bond acceptors (Lipinski definition) is 5. The second-order valence-electron chi connectivity index (χ2n) is 2.70. The number of rotatable bonds is 5. The van der Waals surface area contributed by atoms with Crippen LogP contribution in [0.3, 0.4) is 0 Å². The predicted octanol–water partition coefficient (Wildman–Crippen LogP) is 0.426. The van der Waals surface area contributed by atoms with Crippen molar-refractivity contribution in [3.05, 3.63) is 43.0 Å². The van der Waals surface area contributed by atoms with Gasteiger partial charge < -0.3 is 11.5 Å². The third kappa shape index (κ3) is 3.79. The van der Waals surface area contributed by atoms with Crippen LogP contribution in [0.5, 0.6) is 0 Å². The first-order valence-electron chi connectivity index (χ1n) is 4.67. The second-order valence-corrected chi connectivity index (χ2v) is 2.70. The zero-order valence-corrected chi connectivity index (χ0v) is 8.72. The van der Waals surface area contributed by atoms with Crippen molar-refractivity contribution in [2.24, 2.45) is 21.5 Å². The van der Waals surface area contributed by atoms with E-state index in [9.17, 15) is 0 Å². The molecule has 0 saturated heterocycles. The van der Waals surface area contributed by atoms with Gasteiger partial charge in [-0.1, -0.05) is 0 Å². The average molecular weight is 218 g/mol. The Labute approximate surface area is 93.7 Å². The standard InChI is InChI=1S/C10H14N6/c11-4-1-6-13-10(14-7-2-5-12)16-9-3-8-15-16/h1-10H,11-12H2. The lowest BCUT2D eigenvalue weighted by molar-refractivity contribution is 0.496. The van der Waals surface area contributed by atoms with Gasteiger partial charge in [-0.3, -0.25) is 0 Å². The Hall–Kier alpha value is -2.37. The highest BCUT2D eigenvalue weighted by atomic mass is 15.4. The zero-order chi connectivity index (χ0) is 11.6. The highest BCUT2D eigenvalue weighted by Crippen LogP contribution is 2.06. The maximum atomic E-state index is 5.19. The van der Waals surface area contributed by atoms with E-state index >= 15 is 0 Å². The van der Waals surface area contributed by atoms with Crippen LogP contribution in [0.2, 0.25) is 0 Å². The molecule has 0 radical (unpaired) electrons. The summed E-state index contributed by atoms with van der Waals surface area (Å²) < 4.78 is 1.61. The van der Waals surface area contributed by atoms with Crippen LogP contribution >= 0.6 is 0 Å². The quantitative estimate of drug-likeness (QED) is 0.701. The SMILES string of the molecule is NC=CC=NC(N=CC=CN)n1cccn1. The molecule has 16 heavy (non-hydrogen) atoms. The molecule has 84 valence electrons. The first-order valence-corrected chi connectivity index (χ1v) is 4.67. The highest BCUT2D eigenvalue weighted by molar-refractivity contribution is 5.72. The fourth-order valence-corrected chi connectivity index (χ4v) is 0.945. The van der Waals surface area contributed by atoms with Gasteiger partial charge in [-0.15, -0.1) is 0 Å². The summed E-state index contributed by atoms with van der Waals surface area (Å²) in [5.74, 6) is 0. The van der Waals surface area contributed by atoms with Crippen LogP contribution in [0, 0.1) is 0 Å². The van der Waals surface area contributed by atoms with Crippen molar-refractivity contribution >= 4 is 12.4 Å². The van der Waals surface area contributed by atoms with Crippen LogP contribution in [0.1, 0.15) is 6.29 Å². The van der Waals surface area contributed by atoms with Crippen molar-refractivity contribution in [2.45, 2.75) is 6.29 Å². The van der Waals surface area contributed by atoms with E-state index in [1.165, 1.54) is 12.4 Å². The molecule has 1 heterocycles. The van der Waals surface area contributed by atoms with Gasteiger partial charge in [-0.25, -0.2) is 14.7 Å². The summed E-state index contributed by atoms with van der Waals surface area (Å²) in [5.41, 5.74) is 10.4. The van der Waals surface area contributed by atoms with E-state index in [1.807, 2.05) is 0 Å². The fraction of sp³-hybridized carbons (Fsp3) is 0.100. The van der Waals surface area contributed by atoms with Gasteiger partial charge in [0.1, 0.15) is 0 Å². The highest BCUT2D eigenvalue weighted by Gasteiger charge is 2.02. The van der Waals surface area contributed by atoms with Gasteiger partial charge in [-0.05, 0) is 30.6 Å². The molecule has 0 amide bonds. The van der Waals surface area contributed by atoms with E-state index in [4.69, 9.17) is 11.5 Å². The van der Waals surface area contributed by atoms with Gasteiger partial charge in [-0.2, -0.15) is 5.10 Å². The van der Waals surface area contributed by atoms with Crippen molar-refractivity contribution in [1.82, 2.24) is 9.78 Å². The minimum atomic E-state index is -0.442. The Morgan fingerprint density at radius 3 is 2.19 bits per heavy atom. The van der Waals surface area contributed by atoms with E-state index in [0.29, 0.717) is 0 Å². The summed E-state index contributed by atoms with van der Waals surface area (Å²) in [5, 5.41) is 4.05. The van der Waals surface area contributed by atoms with E-state index in [1.54, 1.807) is 47.7 Å². The van der Waals surface area contributed by atoms with Crippen LogP contribution in [-0.4, -0.2) is 22.2 Å². The summed E-state index contributed by atoms with van der Waals surface area (Å²) in [6.07, 6.45) is 12.1. The summed E-state index contributed by atoms with van der Waals surface area (Å²) in [7, 11) is 0. The van der Waals surface area contributed by atoms with Gasteiger partial charge in [0.15, 0.2) is 0 Å². The number of aromatic nitrogens is 2. The number of allylic oxidation sites excluding steroid dienone is 2. The Morgan fingerprint density at radius 2 is 1.75 bits per heavy atom. The van der Waals surface area contributed by atoms with Gasteiger partial charge >= 0.3 is 0 Å². The number of aliphatic imine (C=N–C) groups is 2. The minimum Gasteiger partial charge on any atom is -0.405 e. The van der Waals surface area contributed by atoms with Crippen LogP contribution in [0.15, 0.2) is 53.0 Å². The maximum Gasteiger partial charge on any atom is 0.235 e. The molecule has 1 aromatic heterocycles. The molecule has 0 bridgehead atoms. The van der Waals surface area contributed by atoms with Gasteiger partial charge in [0.2, 0.25) is 6.29 Å². The van der Waals surface area contributed by atoms with Crippen molar-refractivity contribution in [2.75, 3.05) is 0 Å². The Balaban J connectivity index is 2.77. The summed E-state index contributed by atoms with van der Waals surface area (Å²) in [4.78, 5) is 8.33. The molecule has 0 aromatic carbocycles. The van der Waals surface area contributed by atoms with Crippen LogP contribution < -0.4 is 11.5 Å². The van der Waals surface area contributed by atoms with Crippen LogP contribution in [0.25, 0.3) is 0 Å². The molecule has 0 fully saturated rings. The normalized spacial score (nSPS) is 14.8. The third-order valence-electron chi connectivity index (χ3n) is 1.59. The Morgan fingerprint density at radius 1 is 1.12 bits per heavy atom. The molecule has 0 saturated carbocycles. The predicted molar refractivity (Wildman–Crippen MR) is 64.9 cm³/mol. The molecular weight excluding hydrogens is 204 g/mol. The van der Waals surface area contributed by atoms with Crippen molar-refractivity contribution in [1.29, 1.82) is 0 Å². The van der Waals surface area contributed by atoms with Gasteiger partial charge in [0.05, 0.1) is 0 Å². The number of nitrogens with two attached hydrogens (primary N) is 2. The van der Waals surface area contributed by atoms with Crippen molar-refractivity contribution in [3.63, 3.8) is 0 Å². The lowest BCUT2D eigenvalue weighted by Crippen LogP contribution is -2.04. The van der Waals surface area contributed by atoms with E-state index in [0.717, 1.165) is 0 Å². The second kappa shape index (κ2) is 6.99. The number of nitrogens with zero attached hydrogens (tertiary/aromatic N) is 4. The number of hydrogen-bond donors (Lipinski definition) is 2. The van der Waals surface area contributed by atoms with E-state index in [-0.39, 0.29) is 0 Å². The summed E-state index contributed by atoms with van der Waals surface area (Å²) >= 11 is 0. The monoisotopic (exact) mass is 218 g/mol. The molecule has 1 aromatic rings. The van der Waals surface area contributed by atoms with Gasteiger partial charge in [0.25, 0.3) is 0 Å². The Bertz CT molecular complexity index is 365. The zero-order valence-electron chi connectivity index (χ0n) is 8.72.